The van der Waals surface area contributed by atoms with E-state index in [1.54, 1.807) is 6.92 Å². The molecule has 0 heterocycles. The molecule has 1 saturated carbocycles. The predicted molar refractivity (Wildman–Crippen MR) is 75.4 cm³/mol. The number of nitrogens with one attached hydrogen (secondary N) is 1. The highest BCUT2D eigenvalue weighted by Gasteiger charge is 2.39. The van der Waals surface area contributed by atoms with E-state index in [4.69, 9.17) is 5.73 Å². The van der Waals surface area contributed by atoms with Gasteiger partial charge in [0.05, 0.1) is 12.0 Å². The molecule has 0 aromatic carbocycles. The second-order valence-corrected chi connectivity index (χ2v) is 5.45. The molecule has 120 valence electrons. The fourth-order valence-corrected chi connectivity index (χ4v) is 2.58. The zero-order valence-corrected chi connectivity index (χ0v) is 12.4. The van der Waals surface area contributed by atoms with E-state index in [2.05, 4.69) is 10.1 Å². The SMILES string of the molecule is CCOC(=O)C(N)C(=O)NCC1(C(=O)O)CCCCCC1. The maximum atomic E-state index is 11.8. The fourth-order valence-electron chi connectivity index (χ4n) is 2.58. The highest BCUT2D eigenvalue weighted by Crippen LogP contribution is 2.34. The molecule has 1 rings (SSSR count). The third-order valence-electron chi connectivity index (χ3n) is 3.94. The first-order chi connectivity index (χ1) is 9.93. The Labute approximate surface area is 124 Å². The number of ether oxygens (including phenoxy) is 1. The minimum Gasteiger partial charge on any atom is -0.481 e. The van der Waals surface area contributed by atoms with Crippen LogP contribution in [0, 0.1) is 5.41 Å². The number of rotatable bonds is 6. The lowest BCUT2D eigenvalue weighted by Gasteiger charge is -2.28. The lowest BCUT2D eigenvalue weighted by molar-refractivity contribution is -0.150. The standard InChI is InChI=1S/C14H24N2O5/c1-2-21-12(18)10(15)11(17)16-9-14(13(19)20)7-5-3-4-6-8-14/h10H,2-9,15H2,1H3,(H,16,17)(H,19,20). The average molecular weight is 300 g/mol. The number of amides is 1. The molecule has 0 aromatic heterocycles. The summed E-state index contributed by atoms with van der Waals surface area (Å²) in [6.07, 6.45) is 4.71. The van der Waals surface area contributed by atoms with Gasteiger partial charge in [-0.25, -0.2) is 4.79 Å². The zero-order valence-electron chi connectivity index (χ0n) is 12.4. The van der Waals surface area contributed by atoms with Crippen LogP contribution in [0.5, 0.6) is 0 Å². The van der Waals surface area contributed by atoms with Crippen LogP contribution in [0.25, 0.3) is 0 Å². The van der Waals surface area contributed by atoms with E-state index in [0.717, 1.165) is 25.7 Å². The van der Waals surface area contributed by atoms with Gasteiger partial charge in [-0.05, 0) is 19.8 Å². The number of carbonyl (C=O) groups is 3. The predicted octanol–water partition coefficient (Wildman–Crippen LogP) is 0.418. The van der Waals surface area contributed by atoms with Crippen LogP contribution < -0.4 is 11.1 Å². The van der Waals surface area contributed by atoms with Gasteiger partial charge in [0.1, 0.15) is 0 Å². The van der Waals surface area contributed by atoms with Crippen molar-refractivity contribution in [2.75, 3.05) is 13.2 Å². The number of nitrogens with two attached hydrogens (primary N) is 1. The molecule has 1 amide bonds. The Balaban J connectivity index is 2.62. The molecule has 1 unspecified atom stereocenters. The molecule has 0 radical (unpaired) electrons. The summed E-state index contributed by atoms with van der Waals surface area (Å²) in [6, 6.07) is -1.42. The van der Waals surface area contributed by atoms with Crippen LogP contribution in [0.15, 0.2) is 0 Å². The lowest BCUT2D eigenvalue weighted by Crippen LogP contribution is -2.51. The molecule has 0 bridgehead atoms. The fraction of sp³-hybridized carbons (Fsp3) is 0.786. The van der Waals surface area contributed by atoms with Crippen molar-refractivity contribution >= 4 is 17.8 Å². The minimum absolute atomic E-state index is 0.00568. The van der Waals surface area contributed by atoms with Crippen molar-refractivity contribution in [2.45, 2.75) is 51.5 Å². The maximum absolute atomic E-state index is 11.8. The van der Waals surface area contributed by atoms with E-state index in [1.165, 1.54) is 0 Å². The normalized spacial score (nSPS) is 19.1. The van der Waals surface area contributed by atoms with Gasteiger partial charge < -0.3 is 20.9 Å². The quantitative estimate of drug-likeness (QED) is 0.371. The van der Waals surface area contributed by atoms with Gasteiger partial charge in [0.25, 0.3) is 0 Å². The van der Waals surface area contributed by atoms with E-state index in [9.17, 15) is 19.5 Å². The van der Waals surface area contributed by atoms with Crippen molar-refractivity contribution in [2.24, 2.45) is 11.1 Å². The Bertz CT molecular complexity index is 389. The average Bonchev–Trinajstić information content (AvgIpc) is 2.70. The van der Waals surface area contributed by atoms with Gasteiger partial charge in [0.15, 0.2) is 6.04 Å². The Kier molecular flexibility index (Phi) is 6.61. The van der Waals surface area contributed by atoms with Gasteiger partial charge in [-0.15, -0.1) is 0 Å². The van der Waals surface area contributed by atoms with Crippen LogP contribution in [-0.4, -0.2) is 42.1 Å². The summed E-state index contributed by atoms with van der Waals surface area (Å²) >= 11 is 0. The summed E-state index contributed by atoms with van der Waals surface area (Å²) in [5, 5.41) is 12.0. The molecule has 1 atom stereocenters. The molecular formula is C14H24N2O5. The second kappa shape index (κ2) is 7.97. The van der Waals surface area contributed by atoms with E-state index >= 15 is 0 Å². The molecule has 4 N–H and O–H groups in total. The third-order valence-corrected chi connectivity index (χ3v) is 3.94. The molecule has 7 heteroatoms. The van der Waals surface area contributed by atoms with Crippen LogP contribution >= 0.6 is 0 Å². The summed E-state index contributed by atoms with van der Waals surface area (Å²) in [4.78, 5) is 34.8. The Morgan fingerprint density at radius 3 is 2.29 bits per heavy atom. The highest BCUT2D eigenvalue weighted by molar-refractivity contribution is 6.01. The number of aliphatic carboxylic acids is 1. The molecule has 1 fully saturated rings. The number of carbonyl (C=O) groups excluding carboxylic acids is 2. The van der Waals surface area contributed by atoms with Crippen LogP contribution in [0.3, 0.4) is 0 Å². The van der Waals surface area contributed by atoms with E-state index in [0.29, 0.717) is 12.8 Å². The minimum atomic E-state index is -1.42. The number of carboxylic acids is 1. The van der Waals surface area contributed by atoms with Crippen LogP contribution in [0.2, 0.25) is 0 Å². The van der Waals surface area contributed by atoms with Crippen molar-refractivity contribution in [1.29, 1.82) is 0 Å². The van der Waals surface area contributed by atoms with Gasteiger partial charge in [-0.3, -0.25) is 9.59 Å². The topological polar surface area (TPSA) is 119 Å². The largest absolute Gasteiger partial charge is 0.481 e. The smallest absolute Gasteiger partial charge is 0.332 e. The number of hydrogen-bond acceptors (Lipinski definition) is 5. The molecule has 0 spiro atoms. The first-order valence-electron chi connectivity index (χ1n) is 7.36. The van der Waals surface area contributed by atoms with Gasteiger partial charge in [0, 0.05) is 6.54 Å². The van der Waals surface area contributed by atoms with Gasteiger partial charge in [0.2, 0.25) is 5.91 Å². The summed E-state index contributed by atoms with van der Waals surface area (Å²) in [5.41, 5.74) is 4.52. The molecule has 0 saturated heterocycles. The Morgan fingerprint density at radius 1 is 1.24 bits per heavy atom. The lowest BCUT2D eigenvalue weighted by atomic mass is 9.80. The van der Waals surface area contributed by atoms with Crippen molar-refractivity contribution < 1.29 is 24.2 Å². The van der Waals surface area contributed by atoms with Crippen molar-refractivity contribution in [3.05, 3.63) is 0 Å². The van der Waals surface area contributed by atoms with E-state index < -0.39 is 29.3 Å². The summed E-state index contributed by atoms with van der Waals surface area (Å²) in [6.45, 7) is 1.75. The van der Waals surface area contributed by atoms with Crippen LogP contribution in [-0.2, 0) is 19.1 Å². The van der Waals surface area contributed by atoms with Gasteiger partial charge in [-0.2, -0.15) is 0 Å². The second-order valence-electron chi connectivity index (χ2n) is 5.45. The van der Waals surface area contributed by atoms with E-state index in [-0.39, 0.29) is 13.2 Å². The maximum Gasteiger partial charge on any atom is 0.332 e. The zero-order chi connectivity index (χ0) is 15.9. The van der Waals surface area contributed by atoms with Crippen molar-refractivity contribution in [3.63, 3.8) is 0 Å². The van der Waals surface area contributed by atoms with Gasteiger partial charge >= 0.3 is 11.9 Å². The molecule has 7 nitrogen and oxygen atoms in total. The summed E-state index contributed by atoms with van der Waals surface area (Å²) in [7, 11) is 0. The third kappa shape index (κ3) is 4.70. The van der Waals surface area contributed by atoms with Crippen LogP contribution in [0.4, 0.5) is 0 Å². The van der Waals surface area contributed by atoms with Gasteiger partial charge in [-0.1, -0.05) is 25.7 Å². The number of hydrogen-bond donors (Lipinski definition) is 3. The first kappa shape index (κ1) is 17.4. The molecule has 0 aromatic rings. The van der Waals surface area contributed by atoms with Crippen molar-refractivity contribution in [1.82, 2.24) is 5.32 Å². The molecule has 21 heavy (non-hydrogen) atoms. The summed E-state index contributed by atoms with van der Waals surface area (Å²) in [5.74, 6) is -2.41. The Morgan fingerprint density at radius 2 is 1.81 bits per heavy atom. The summed E-state index contributed by atoms with van der Waals surface area (Å²) < 4.78 is 4.67. The van der Waals surface area contributed by atoms with E-state index in [1.807, 2.05) is 0 Å². The highest BCUT2D eigenvalue weighted by atomic mass is 16.5. The molecule has 1 aliphatic carbocycles. The molecular weight excluding hydrogens is 276 g/mol. The number of carboxylic acid groups (broad SMARTS) is 1. The van der Waals surface area contributed by atoms with Crippen molar-refractivity contribution in [3.8, 4) is 0 Å². The first-order valence-corrected chi connectivity index (χ1v) is 7.36. The Hall–Kier alpha value is -1.63. The number of esters is 1. The molecule has 1 aliphatic rings. The van der Waals surface area contributed by atoms with Crippen LogP contribution in [0.1, 0.15) is 45.4 Å². The monoisotopic (exact) mass is 300 g/mol. The molecule has 0 aliphatic heterocycles.